The summed E-state index contributed by atoms with van der Waals surface area (Å²) in [5, 5.41) is 0. The van der Waals surface area contributed by atoms with E-state index in [1.165, 1.54) is 6.92 Å². The van der Waals surface area contributed by atoms with Crippen LogP contribution in [-0.4, -0.2) is 0 Å². The Morgan fingerprint density at radius 1 is 1.17 bits per heavy atom. The first-order valence-corrected chi connectivity index (χ1v) is 3.62. The predicted octanol–water partition coefficient (Wildman–Crippen LogP) is 3.21. The standard InChI is InChI=1S/C7H9F2N.C2H6/c1-4(2)6(9)7(10)5(3)8;1-2/h1,3,10H2,2H3;1-2H3/b7-6-;. The minimum Gasteiger partial charge on any atom is -0.394 e. The molecule has 1 nitrogen and oxygen atoms in total. The lowest BCUT2D eigenvalue weighted by Crippen LogP contribution is -2.00. The third kappa shape index (κ3) is 4.66. The van der Waals surface area contributed by atoms with Crippen LogP contribution in [0.25, 0.3) is 0 Å². The maximum absolute atomic E-state index is 12.5. The highest BCUT2D eigenvalue weighted by Crippen LogP contribution is 2.15. The van der Waals surface area contributed by atoms with E-state index in [1.54, 1.807) is 0 Å². The molecule has 0 aliphatic heterocycles. The first-order chi connectivity index (χ1) is 5.46. The first kappa shape index (κ1) is 13.5. The van der Waals surface area contributed by atoms with Gasteiger partial charge in [-0.1, -0.05) is 27.0 Å². The van der Waals surface area contributed by atoms with Crippen molar-refractivity contribution in [3.05, 3.63) is 36.1 Å². The summed E-state index contributed by atoms with van der Waals surface area (Å²) in [7, 11) is 0. The fraction of sp³-hybridized carbons (Fsp3) is 0.333. The third-order valence-electron chi connectivity index (χ3n) is 0.903. The molecule has 0 heterocycles. The maximum Gasteiger partial charge on any atom is 0.151 e. The molecule has 0 bridgehead atoms. The zero-order chi connectivity index (χ0) is 10.3. The van der Waals surface area contributed by atoms with Crippen molar-refractivity contribution in [2.45, 2.75) is 20.8 Å². The largest absolute Gasteiger partial charge is 0.394 e. The molecular weight excluding hydrogens is 160 g/mol. The lowest BCUT2D eigenvalue weighted by Gasteiger charge is -1.98. The van der Waals surface area contributed by atoms with Gasteiger partial charge in [-0.2, -0.15) is 0 Å². The molecule has 0 unspecified atom stereocenters. The molecule has 2 N–H and O–H groups in total. The average molecular weight is 175 g/mol. The van der Waals surface area contributed by atoms with Crippen molar-refractivity contribution >= 4 is 0 Å². The quantitative estimate of drug-likeness (QED) is 0.641. The van der Waals surface area contributed by atoms with Gasteiger partial charge in [0.25, 0.3) is 0 Å². The fourth-order valence-corrected chi connectivity index (χ4v) is 0.349. The van der Waals surface area contributed by atoms with Gasteiger partial charge in [0, 0.05) is 0 Å². The molecule has 0 aliphatic rings. The Bertz CT molecular complexity index is 183. The first-order valence-electron chi connectivity index (χ1n) is 3.62. The van der Waals surface area contributed by atoms with Gasteiger partial charge in [0.15, 0.2) is 5.83 Å². The third-order valence-corrected chi connectivity index (χ3v) is 0.903. The van der Waals surface area contributed by atoms with Crippen molar-refractivity contribution in [2.24, 2.45) is 5.73 Å². The fourth-order valence-electron chi connectivity index (χ4n) is 0.349. The van der Waals surface area contributed by atoms with E-state index in [0.717, 1.165) is 0 Å². The minimum atomic E-state index is -0.972. The van der Waals surface area contributed by atoms with E-state index in [0.29, 0.717) is 0 Å². The molecule has 70 valence electrons. The average Bonchev–Trinajstić information content (AvgIpc) is 2.05. The molecule has 0 amide bonds. The van der Waals surface area contributed by atoms with Crippen LogP contribution in [0.4, 0.5) is 8.78 Å². The number of rotatable bonds is 2. The molecule has 0 aromatic rings. The molecule has 0 spiro atoms. The van der Waals surface area contributed by atoms with E-state index in [2.05, 4.69) is 13.2 Å². The van der Waals surface area contributed by atoms with Gasteiger partial charge in [0.1, 0.15) is 11.5 Å². The molecular formula is C9H15F2N. The summed E-state index contributed by atoms with van der Waals surface area (Å²) >= 11 is 0. The second-order valence-electron chi connectivity index (χ2n) is 1.91. The number of halogens is 2. The van der Waals surface area contributed by atoms with E-state index in [4.69, 9.17) is 5.73 Å². The Morgan fingerprint density at radius 2 is 1.50 bits per heavy atom. The lowest BCUT2D eigenvalue weighted by molar-refractivity contribution is 0.601. The van der Waals surface area contributed by atoms with Crippen LogP contribution in [0.2, 0.25) is 0 Å². The number of hydrogen-bond donors (Lipinski definition) is 1. The van der Waals surface area contributed by atoms with Crippen LogP contribution in [0.15, 0.2) is 36.1 Å². The smallest absolute Gasteiger partial charge is 0.151 e. The van der Waals surface area contributed by atoms with Gasteiger partial charge < -0.3 is 5.73 Å². The summed E-state index contributed by atoms with van der Waals surface area (Å²) < 4.78 is 24.6. The molecule has 12 heavy (non-hydrogen) atoms. The second-order valence-corrected chi connectivity index (χ2v) is 1.91. The van der Waals surface area contributed by atoms with Crippen LogP contribution < -0.4 is 5.73 Å². The highest BCUT2D eigenvalue weighted by Gasteiger charge is 2.05. The molecule has 0 saturated carbocycles. The van der Waals surface area contributed by atoms with Crippen molar-refractivity contribution < 1.29 is 8.78 Å². The number of allylic oxidation sites excluding steroid dienone is 3. The maximum atomic E-state index is 12.5. The van der Waals surface area contributed by atoms with Crippen LogP contribution in [0.5, 0.6) is 0 Å². The minimum absolute atomic E-state index is 0.0938. The van der Waals surface area contributed by atoms with Crippen molar-refractivity contribution in [1.29, 1.82) is 0 Å². The van der Waals surface area contributed by atoms with Gasteiger partial charge in [-0.25, -0.2) is 8.78 Å². The topological polar surface area (TPSA) is 26.0 Å². The number of nitrogens with two attached hydrogens (primary N) is 1. The molecule has 0 aliphatic carbocycles. The summed E-state index contributed by atoms with van der Waals surface area (Å²) in [4.78, 5) is 0. The summed E-state index contributed by atoms with van der Waals surface area (Å²) in [5.74, 6) is -1.81. The van der Waals surface area contributed by atoms with Crippen molar-refractivity contribution in [2.75, 3.05) is 0 Å². The zero-order valence-corrected chi connectivity index (χ0v) is 7.75. The molecule has 0 radical (unpaired) electrons. The highest BCUT2D eigenvalue weighted by atomic mass is 19.1. The van der Waals surface area contributed by atoms with Gasteiger partial charge in [0.2, 0.25) is 0 Å². The van der Waals surface area contributed by atoms with Crippen molar-refractivity contribution in [3.8, 4) is 0 Å². The molecule has 0 atom stereocenters. The summed E-state index contributed by atoms with van der Waals surface area (Å²) in [6.07, 6.45) is 0. The molecule has 0 rings (SSSR count). The van der Waals surface area contributed by atoms with Crippen LogP contribution in [-0.2, 0) is 0 Å². The Kier molecular flexibility index (Phi) is 7.39. The Labute approximate surface area is 72.3 Å². The van der Waals surface area contributed by atoms with Crippen LogP contribution in [0, 0.1) is 0 Å². The molecule has 0 fully saturated rings. The monoisotopic (exact) mass is 175 g/mol. The van der Waals surface area contributed by atoms with Crippen molar-refractivity contribution in [3.63, 3.8) is 0 Å². The van der Waals surface area contributed by atoms with E-state index < -0.39 is 17.4 Å². The Balaban J connectivity index is 0. The van der Waals surface area contributed by atoms with Crippen LogP contribution >= 0.6 is 0 Å². The summed E-state index contributed by atoms with van der Waals surface area (Å²) in [6.45, 7) is 11.5. The van der Waals surface area contributed by atoms with Crippen LogP contribution in [0.3, 0.4) is 0 Å². The van der Waals surface area contributed by atoms with Crippen LogP contribution in [0.1, 0.15) is 20.8 Å². The van der Waals surface area contributed by atoms with Gasteiger partial charge in [-0.3, -0.25) is 0 Å². The molecule has 3 heteroatoms. The SMILES string of the molecule is C=C(F)/C(N)=C(/F)C(=C)C.CC. The van der Waals surface area contributed by atoms with Crippen molar-refractivity contribution in [1.82, 2.24) is 0 Å². The van der Waals surface area contributed by atoms with Gasteiger partial charge >= 0.3 is 0 Å². The molecule has 0 aromatic carbocycles. The van der Waals surface area contributed by atoms with Gasteiger partial charge in [0.05, 0.1) is 0 Å². The Hall–Kier alpha value is -1.12. The van der Waals surface area contributed by atoms with Gasteiger partial charge in [-0.05, 0) is 12.5 Å². The van der Waals surface area contributed by atoms with E-state index in [9.17, 15) is 8.78 Å². The highest BCUT2D eigenvalue weighted by molar-refractivity contribution is 5.32. The van der Waals surface area contributed by atoms with E-state index >= 15 is 0 Å². The normalized spacial score (nSPS) is 10.8. The molecule has 0 aromatic heterocycles. The second kappa shape index (κ2) is 6.58. The van der Waals surface area contributed by atoms with Gasteiger partial charge in [-0.15, -0.1) is 0 Å². The van der Waals surface area contributed by atoms with E-state index in [-0.39, 0.29) is 5.57 Å². The lowest BCUT2D eigenvalue weighted by atomic mass is 10.2. The Morgan fingerprint density at radius 3 is 1.58 bits per heavy atom. The summed E-state index contributed by atoms with van der Waals surface area (Å²) in [5.41, 5.74) is 4.45. The number of hydrogen-bond acceptors (Lipinski definition) is 1. The zero-order valence-electron chi connectivity index (χ0n) is 7.75. The summed E-state index contributed by atoms with van der Waals surface area (Å²) in [6, 6.07) is 0. The molecule has 0 saturated heterocycles. The predicted molar refractivity (Wildman–Crippen MR) is 48.7 cm³/mol. The van der Waals surface area contributed by atoms with E-state index in [1.807, 2.05) is 13.8 Å².